The second-order valence-electron chi connectivity index (χ2n) is 8.77. The number of allylic oxidation sites excluding steroid dienone is 1. The molecule has 1 heterocycles. The van der Waals surface area contributed by atoms with Gasteiger partial charge in [0.25, 0.3) is 5.69 Å². The van der Waals surface area contributed by atoms with Crippen molar-refractivity contribution in [3.05, 3.63) is 141 Å². The lowest BCUT2D eigenvalue weighted by Crippen LogP contribution is -2.21. The van der Waals surface area contributed by atoms with Crippen LogP contribution in [0.25, 0.3) is 0 Å². The van der Waals surface area contributed by atoms with Crippen molar-refractivity contribution < 1.29 is 28.3 Å². The minimum absolute atomic E-state index is 0.00379. The Morgan fingerprint density at radius 1 is 1.02 bits per heavy atom. The lowest BCUT2D eigenvalue weighted by atomic mass is 9.83. The molecule has 10 heteroatoms. The molecule has 0 fully saturated rings. The van der Waals surface area contributed by atoms with E-state index in [1.807, 2.05) is 0 Å². The number of benzene rings is 4. The molecule has 0 radical (unpaired) electrons. The fourth-order valence-electron chi connectivity index (χ4n) is 4.31. The van der Waals surface area contributed by atoms with Crippen LogP contribution in [-0.4, -0.2) is 10.9 Å². The fourth-order valence-corrected chi connectivity index (χ4v) is 4.31. The van der Waals surface area contributed by atoms with E-state index in [0.717, 1.165) is 6.07 Å². The molecule has 4 aromatic rings. The highest BCUT2D eigenvalue weighted by atomic mass is 19.1. The molecule has 1 atom stereocenters. The van der Waals surface area contributed by atoms with Crippen LogP contribution in [0.3, 0.4) is 0 Å². The van der Waals surface area contributed by atoms with Crippen molar-refractivity contribution in [2.45, 2.75) is 12.5 Å². The molecule has 9 nitrogen and oxygen atoms in total. The van der Waals surface area contributed by atoms with Gasteiger partial charge in [-0.3, -0.25) is 10.1 Å². The van der Waals surface area contributed by atoms with Gasteiger partial charge in [0.1, 0.15) is 41.3 Å². The molecule has 0 bridgehead atoms. The van der Waals surface area contributed by atoms with E-state index in [1.165, 1.54) is 36.4 Å². The van der Waals surface area contributed by atoms with E-state index in [9.17, 15) is 24.6 Å². The van der Waals surface area contributed by atoms with E-state index in [2.05, 4.69) is 6.07 Å². The van der Waals surface area contributed by atoms with Gasteiger partial charge < -0.3 is 19.9 Å². The van der Waals surface area contributed by atoms with Gasteiger partial charge in [-0.1, -0.05) is 42.5 Å². The van der Waals surface area contributed by atoms with E-state index in [0.29, 0.717) is 22.4 Å². The zero-order chi connectivity index (χ0) is 28.2. The summed E-state index contributed by atoms with van der Waals surface area (Å²) in [5, 5.41) is 20.9. The summed E-state index contributed by atoms with van der Waals surface area (Å²) in [6.07, 6.45) is 0. The third-order valence-electron chi connectivity index (χ3n) is 6.24. The second kappa shape index (κ2) is 11.0. The number of carbonyl (C=O) groups excluding carboxylic acids is 1. The zero-order valence-electron chi connectivity index (χ0n) is 20.7. The lowest BCUT2D eigenvalue weighted by molar-refractivity contribution is -0.384. The topological polar surface area (TPSA) is 138 Å². The number of non-ortho nitro benzene ring substituents is 1. The standard InChI is InChI=1S/C30H20FN3O6/c31-26-10-2-1-5-20(26)17-38-22-9-4-6-18(14-22)28-24-12-11-23(15-27(24)40-29(33)25(28)16-32)39-30(35)19-7-3-8-21(13-19)34(36)37/h1-15,28H,17,33H2. The maximum atomic E-state index is 14.0. The van der Waals surface area contributed by atoms with Gasteiger partial charge in [-0.2, -0.15) is 5.26 Å². The molecular formula is C30H20FN3O6. The quantitative estimate of drug-likeness (QED) is 0.136. The molecule has 4 aromatic carbocycles. The van der Waals surface area contributed by atoms with Gasteiger partial charge in [0.05, 0.1) is 16.4 Å². The molecule has 40 heavy (non-hydrogen) atoms. The SMILES string of the molecule is N#CC1=C(N)Oc2cc(OC(=O)c3cccc([N+](=O)[O-])c3)ccc2C1c1cccc(OCc2ccccc2F)c1. The van der Waals surface area contributed by atoms with Gasteiger partial charge >= 0.3 is 5.97 Å². The zero-order valence-corrected chi connectivity index (χ0v) is 20.7. The number of nitriles is 1. The fraction of sp³-hybridized carbons (Fsp3) is 0.0667. The van der Waals surface area contributed by atoms with Crippen LogP contribution < -0.4 is 19.9 Å². The number of nitrogens with zero attached hydrogens (tertiary/aromatic N) is 2. The van der Waals surface area contributed by atoms with Gasteiger partial charge in [0.15, 0.2) is 0 Å². The van der Waals surface area contributed by atoms with Gasteiger partial charge in [-0.25, -0.2) is 9.18 Å². The second-order valence-corrected chi connectivity index (χ2v) is 8.77. The minimum atomic E-state index is -0.794. The van der Waals surface area contributed by atoms with Crippen molar-refractivity contribution in [2.75, 3.05) is 0 Å². The molecule has 1 unspecified atom stereocenters. The third-order valence-corrected chi connectivity index (χ3v) is 6.24. The number of nitro groups is 1. The first-order chi connectivity index (χ1) is 19.3. The summed E-state index contributed by atoms with van der Waals surface area (Å²) in [7, 11) is 0. The van der Waals surface area contributed by atoms with Crippen molar-refractivity contribution in [2.24, 2.45) is 5.73 Å². The number of fused-ring (bicyclic) bond motifs is 1. The third kappa shape index (κ3) is 5.30. The van der Waals surface area contributed by atoms with E-state index in [4.69, 9.17) is 19.9 Å². The molecule has 0 saturated carbocycles. The molecule has 1 aliphatic rings. The van der Waals surface area contributed by atoms with E-state index >= 15 is 0 Å². The number of ether oxygens (including phenoxy) is 3. The Balaban J connectivity index is 1.42. The highest BCUT2D eigenvalue weighted by Gasteiger charge is 2.31. The van der Waals surface area contributed by atoms with Crippen molar-refractivity contribution >= 4 is 11.7 Å². The summed E-state index contributed by atoms with van der Waals surface area (Å²) in [5.41, 5.74) is 7.71. The van der Waals surface area contributed by atoms with Gasteiger partial charge in [0.2, 0.25) is 5.88 Å². The van der Waals surface area contributed by atoms with E-state index < -0.39 is 16.8 Å². The van der Waals surface area contributed by atoms with Crippen molar-refractivity contribution in [1.29, 1.82) is 5.26 Å². The summed E-state index contributed by atoms with van der Waals surface area (Å²) >= 11 is 0. The summed E-state index contributed by atoms with van der Waals surface area (Å²) in [5.74, 6) is -1.05. The summed E-state index contributed by atoms with van der Waals surface area (Å²) < 4.78 is 30.9. The number of hydrogen-bond acceptors (Lipinski definition) is 8. The molecule has 0 aliphatic carbocycles. The van der Waals surface area contributed by atoms with E-state index in [1.54, 1.807) is 48.5 Å². The molecular weight excluding hydrogens is 517 g/mol. The number of rotatable bonds is 7. The van der Waals surface area contributed by atoms with Crippen molar-refractivity contribution in [3.63, 3.8) is 0 Å². The highest BCUT2D eigenvalue weighted by molar-refractivity contribution is 5.91. The Labute approximate surface area is 227 Å². The predicted octanol–water partition coefficient (Wildman–Crippen LogP) is 5.75. The Morgan fingerprint density at radius 3 is 2.60 bits per heavy atom. The number of esters is 1. The van der Waals surface area contributed by atoms with Gasteiger partial charge in [0, 0.05) is 29.3 Å². The first-order valence-corrected chi connectivity index (χ1v) is 12.0. The smallest absolute Gasteiger partial charge is 0.343 e. The molecule has 198 valence electrons. The van der Waals surface area contributed by atoms with Crippen molar-refractivity contribution in [3.8, 4) is 23.3 Å². The number of nitrogens with two attached hydrogens (primary N) is 1. The molecule has 2 N–H and O–H groups in total. The Morgan fingerprint density at radius 2 is 1.82 bits per heavy atom. The Kier molecular flexibility index (Phi) is 7.11. The molecule has 0 amide bonds. The normalized spacial score (nSPS) is 13.9. The van der Waals surface area contributed by atoms with Crippen LogP contribution in [0.2, 0.25) is 0 Å². The van der Waals surface area contributed by atoms with Crippen LogP contribution in [0.5, 0.6) is 17.2 Å². The lowest BCUT2D eigenvalue weighted by Gasteiger charge is -2.27. The van der Waals surface area contributed by atoms with Crippen LogP contribution in [0.1, 0.15) is 33.0 Å². The average Bonchev–Trinajstić information content (AvgIpc) is 2.96. The first kappa shape index (κ1) is 25.9. The first-order valence-electron chi connectivity index (χ1n) is 12.0. The Hall–Kier alpha value is -5.69. The van der Waals surface area contributed by atoms with Gasteiger partial charge in [-0.15, -0.1) is 0 Å². The molecule has 5 rings (SSSR count). The number of carbonyl (C=O) groups is 1. The Bertz CT molecular complexity index is 1710. The van der Waals surface area contributed by atoms with Crippen LogP contribution in [0, 0.1) is 27.3 Å². The van der Waals surface area contributed by atoms with E-state index in [-0.39, 0.29) is 46.6 Å². The maximum Gasteiger partial charge on any atom is 0.343 e. The summed E-state index contributed by atoms with van der Waals surface area (Å²) in [6, 6.07) is 25.2. The number of halogens is 1. The predicted molar refractivity (Wildman–Crippen MR) is 141 cm³/mol. The van der Waals surface area contributed by atoms with Crippen LogP contribution >= 0.6 is 0 Å². The monoisotopic (exact) mass is 537 g/mol. The molecule has 0 spiro atoms. The van der Waals surface area contributed by atoms with Crippen LogP contribution in [0.15, 0.2) is 102 Å². The number of nitro benzene ring substituents is 1. The van der Waals surface area contributed by atoms with Gasteiger partial charge in [-0.05, 0) is 35.9 Å². The summed E-state index contributed by atoms with van der Waals surface area (Å²) in [6.45, 7) is 0.0167. The average molecular weight is 538 g/mol. The molecule has 0 aromatic heterocycles. The van der Waals surface area contributed by atoms with Crippen LogP contribution in [0.4, 0.5) is 10.1 Å². The van der Waals surface area contributed by atoms with Crippen molar-refractivity contribution in [1.82, 2.24) is 0 Å². The largest absolute Gasteiger partial charge is 0.489 e. The molecule has 0 saturated heterocycles. The molecule has 1 aliphatic heterocycles. The summed E-state index contributed by atoms with van der Waals surface area (Å²) in [4.78, 5) is 23.1. The minimum Gasteiger partial charge on any atom is -0.489 e. The highest BCUT2D eigenvalue weighted by Crippen LogP contribution is 2.44. The maximum absolute atomic E-state index is 14.0. The number of hydrogen-bond donors (Lipinski definition) is 1. The van der Waals surface area contributed by atoms with Crippen LogP contribution in [-0.2, 0) is 6.61 Å².